The van der Waals surface area contributed by atoms with E-state index in [4.69, 9.17) is 19.1 Å². The minimum atomic E-state index is 0.250. The summed E-state index contributed by atoms with van der Waals surface area (Å²) in [6.07, 6.45) is 1.09. The van der Waals surface area contributed by atoms with Gasteiger partial charge >= 0.3 is 6.15 Å². The van der Waals surface area contributed by atoms with Gasteiger partial charge in [0.1, 0.15) is 24.0 Å². The molecule has 0 spiro atoms. The lowest BCUT2D eigenvalue weighted by Crippen LogP contribution is -2.00. The highest BCUT2D eigenvalue weighted by Gasteiger charge is 2.21. The Morgan fingerprint density at radius 1 is 0.757 bits per heavy atom. The van der Waals surface area contributed by atoms with Crippen molar-refractivity contribution in [2.24, 2.45) is 0 Å². The van der Waals surface area contributed by atoms with Crippen molar-refractivity contribution in [2.45, 2.75) is 17.9 Å². The van der Waals surface area contributed by atoms with Crippen LogP contribution in [0.15, 0.2) is 114 Å². The second-order valence-corrected chi connectivity index (χ2v) is 9.51. The molecule has 0 fully saturated rings. The summed E-state index contributed by atoms with van der Waals surface area (Å²) in [4.78, 5) is 17.4. The smallest absolute Gasteiger partial charge is 0.373 e. The van der Waals surface area contributed by atoms with Crippen LogP contribution in [0.3, 0.4) is 0 Å². The number of benzene rings is 5. The van der Waals surface area contributed by atoms with Crippen LogP contribution >= 0.6 is 11.8 Å². The van der Waals surface area contributed by atoms with E-state index in [2.05, 4.69) is 91.0 Å². The molecule has 1 heterocycles. The molecule has 0 aromatic heterocycles. The fourth-order valence-corrected chi connectivity index (χ4v) is 5.36. The molecule has 0 saturated heterocycles. The first kappa shape index (κ1) is 24.4. The number of fused-ring (bicyclic) bond motifs is 2. The van der Waals surface area contributed by atoms with Gasteiger partial charge in [0.2, 0.25) is 0 Å². The summed E-state index contributed by atoms with van der Waals surface area (Å²) in [6, 6.07) is 38.3. The first-order chi connectivity index (χ1) is 18.3. The lowest BCUT2D eigenvalue weighted by atomic mass is 9.89. The number of ether oxygens (including phenoxy) is 2. The van der Waals surface area contributed by atoms with Crippen LogP contribution in [0.2, 0.25) is 0 Å². The molecule has 4 nitrogen and oxygen atoms in total. The summed E-state index contributed by atoms with van der Waals surface area (Å²) in [5, 5.41) is 2.30. The van der Waals surface area contributed by atoms with E-state index in [1.165, 1.54) is 32.5 Å². The van der Waals surface area contributed by atoms with Gasteiger partial charge in [-0.25, -0.2) is 0 Å². The average Bonchev–Trinajstić information content (AvgIpc) is 3.40. The number of hydrogen-bond donors (Lipinski definition) is 0. The van der Waals surface area contributed by atoms with E-state index in [0.29, 0.717) is 12.5 Å². The zero-order chi connectivity index (χ0) is 25.5. The lowest BCUT2D eigenvalue weighted by Gasteiger charge is -2.19. The largest absolute Gasteiger partial charge is 0.488 e. The van der Waals surface area contributed by atoms with Gasteiger partial charge in [0, 0.05) is 5.39 Å². The van der Waals surface area contributed by atoms with Crippen LogP contribution in [-0.4, -0.2) is 12.1 Å². The Morgan fingerprint density at radius 2 is 1.38 bits per heavy atom. The maximum atomic E-state index is 8.12. The third-order valence-electron chi connectivity index (χ3n) is 6.21. The molecule has 6 rings (SSSR count). The predicted molar refractivity (Wildman–Crippen MR) is 146 cm³/mol. The second-order valence-electron chi connectivity index (χ2n) is 8.55. The van der Waals surface area contributed by atoms with Crippen LogP contribution in [0.25, 0.3) is 21.9 Å². The molecule has 182 valence electrons. The molecule has 5 aromatic carbocycles. The van der Waals surface area contributed by atoms with Gasteiger partial charge in [-0.1, -0.05) is 103 Å². The predicted octanol–water partition coefficient (Wildman–Crippen LogP) is 7.54. The third kappa shape index (κ3) is 5.59. The topological polar surface area (TPSA) is 52.6 Å². The molecule has 0 bridgehead atoms. The Labute approximate surface area is 219 Å². The Kier molecular flexibility index (Phi) is 7.66. The Balaban J connectivity index is 0.000000892. The van der Waals surface area contributed by atoms with E-state index >= 15 is 0 Å². The van der Waals surface area contributed by atoms with Crippen molar-refractivity contribution in [2.75, 3.05) is 5.94 Å². The summed E-state index contributed by atoms with van der Waals surface area (Å²) >= 11 is 1.75. The molecule has 0 unspecified atom stereocenters. The van der Waals surface area contributed by atoms with Crippen LogP contribution in [0.1, 0.15) is 16.7 Å². The fourth-order valence-electron chi connectivity index (χ4n) is 4.59. The monoisotopic (exact) mass is 504 g/mol. The number of carbonyl (C=O) groups excluding carboxylic acids is 2. The van der Waals surface area contributed by atoms with E-state index in [1.807, 2.05) is 18.2 Å². The summed E-state index contributed by atoms with van der Waals surface area (Å²) in [6.45, 7) is 0.526. The highest BCUT2D eigenvalue weighted by atomic mass is 32.2. The number of rotatable bonds is 6. The molecule has 0 amide bonds. The summed E-state index contributed by atoms with van der Waals surface area (Å²) in [5.41, 5.74) is 6.18. The first-order valence-electron chi connectivity index (χ1n) is 11.9. The zero-order valence-corrected chi connectivity index (χ0v) is 20.9. The van der Waals surface area contributed by atoms with Gasteiger partial charge in [-0.2, -0.15) is 9.59 Å². The van der Waals surface area contributed by atoms with Crippen molar-refractivity contribution < 1.29 is 19.1 Å². The van der Waals surface area contributed by atoms with Gasteiger partial charge in [-0.05, 0) is 57.8 Å². The number of hydrogen-bond acceptors (Lipinski definition) is 5. The van der Waals surface area contributed by atoms with Crippen LogP contribution in [-0.2, 0) is 22.6 Å². The Bertz CT molecular complexity index is 1530. The fraction of sp³-hybridized carbons (Fsp3) is 0.0938. The van der Waals surface area contributed by atoms with Crippen molar-refractivity contribution in [3.63, 3.8) is 0 Å². The SMILES string of the molecule is O=C=O.c1ccc(COc2cc(Cc3ccccc3)c(-c3ccccc3)c3cc4c(cc23)OCS4)cc1. The van der Waals surface area contributed by atoms with Crippen LogP contribution in [0, 0.1) is 0 Å². The molecular weight excluding hydrogens is 480 g/mol. The molecule has 1 aliphatic heterocycles. The van der Waals surface area contributed by atoms with E-state index in [0.717, 1.165) is 28.9 Å². The molecule has 0 saturated carbocycles. The Morgan fingerprint density at radius 3 is 2.05 bits per heavy atom. The molecule has 1 aliphatic rings. The van der Waals surface area contributed by atoms with Crippen LogP contribution < -0.4 is 9.47 Å². The van der Waals surface area contributed by atoms with Crippen molar-refractivity contribution in [3.8, 4) is 22.6 Å². The highest BCUT2D eigenvalue weighted by molar-refractivity contribution is 7.99. The highest BCUT2D eigenvalue weighted by Crippen LogP contribution is 2.46. The summed E-state index contributed by atoms with van der Waals surface area (Å²) in [7, 11) is 0. The van der Waals surface area contributed by atoms with E-state index in [1.54, 1.807) is 11.8 Å². The van der Waals surface area contributed by atoms with E-state index in [-0.39, 0.29) is 6.15 Å². The van der Waals surface area contributed by atoms with Crippen molar-refractivity contribution in [1.82, 2.24) is 0 Å². The molecule has 0 radical (unpaired) electrons. The minimum Gasteiger partial charge on any atom is -0.488 e. The zero-order valence-electron chi connectivity index (χ0n) is 20.1. The lowest BCUT2D eigenvalue weighted by molar-refractivity contribution is -0.191. The molecule has 5 aromatic rings. The van der Waals surface area contributed by atoms with E-state index < -0.39 is 0 Å². The molecule has 5 heteroatoms. The maximum Gasteiger partial charge on any atom is 0.373 e. The van der Waals surface area contributed by atoms with Gasteiger partial charge in [-0.15, -0.1) is 0 Å². The first-order valence-corrected chi connectivity index (χ1v) is 12.9. The van der Waals surface area contributed by atoms with Crippen molar-refractivity contribution in [3.05, 3.63) is 126 Å². The normalized spacial score (nSPS) is 11.6. The molecule has 0 N–H and O–H groups in total. The van der Waals surface area contributed by atoms with Crippen molar-refractivity contribution >= 4 is 28.7 Å². The standard InChI is InChI=1S/C31H24O2S.CO2/c1-4-10-22(11-5-1)16-25-17-28(32-20-23-12-6-2-7-13-23)26-18-29-30(34-21-33-29)19-27(26)31(25)24-14-8-3-9-15-24;2-1-3/h1-15,17-19H,16,20-21H2;. The summed E-state index contributed by atoms with van der Waals surface area (Å²) in [5.74, 6) is 2.49. The maximum absolute atomic E-state index is 8.12. The van der Waals surface area contributed by atoms with E-state index in [9.17, 15) is 0 Å². The molecule has 0 aliphatic carbocycles. The molecular formula is C32H24O4S. The van der Waals surface area contributed by atoms with Crippen LogP contribution in [0.4, 0.5) is 0 Å². The van der Waals surface area contributed by atoms with Gasteiger partial charge < -0.3 is 9.47 Å². The van der Waals surface area contributed by atoms with Crippen molar-refractivity contribution in [1.29, 1.82) is 0 Å². The average molecular weight is 505 g/mol. The Hall–Kier alpha value is -4.31. The minimum absolute atomic E-state index is 0.250. The molecule has 0 atom stereocenters. The second kappa shape index (κ2) is 11.6. The quantitative estimate of drug-likeness (QED) is 0.239. The van der Waals surface area contributed by atoms with Gasteiger partial charge in [0.25, 0.3) is 0 Å². The number of thioether (sulfide) groups is 1. The summed E-state index contributed by atoms with van der Waals surface area (Å²) < 4.78 is 12.4. The van der Waals surface area contributed by atoms with Crippen LogP contribution in [0.5, 0.6) is 11.5 Å². The van der Waals surface area contributed by atoms with Gasteiger partial charge in [-0.3, -0.25) is 0 Å². The van der Waals surface area contributed by atoms with Gasteiger partial charge in [0.15, 0.2) is 0 Å². The third-order valence-corrected chi connectivity index (χ3v) is 7.08. The van der Waals surface area contributed by atoms with Gasteiger partial charge in [0.05, 0.1) is 4.90 Å². The molecule has 37 heavy (non-hydrogen) atoms.